The van der Waals surface area contributed by atoms with Crippen molar-refractivity contribution in [3.8, 4) is 0 Å². The summed E-state index contributed by atoms with van der Waals surface area (Å²) >= 11 is 0. The van der Waals surface area contributed by atoms with Gasteiger partial charge in [0.2, 0.25) is 0 Å². The highest BCUT2D eigenvalue weighted by molar-refractivity contribution is 5.99. The number of nitrogens with zero attached hydrogens (tertiary/aromatic N) is 1. The molecule has 0 bridgehead atoms. The standard InChI is InChI=1S/C27H38N2O6/c1-5-6-7-8-9-10-11-12-15-18(2)35-27(32)24-20(4)28-19(3)23(26(30)31)25(24)21-16-13-14-17-22(21)29(33)34/h13-14,16-18,25,28H,5-12,15H2,1-4H3,(H,30,31). The number of ether oxygens (including phenoxy) is 1. The van der Waals surface area contributed by atoms with E-state index in [-0.39, 0.29) is 28.5 Å². The van der Waals surface area contributed by atoms with Crippen molar-refractivity contribution in [3.05, 3.63) is 62.5 Å². The van der Waals surface area contributed by atoms with E-state index in [9.17, 15) is 24.8 Å². The number of carboxylic acid groups (broad SMARTS) is 1. The maximum absolute atomic E-state index is 13.3. The lowest BCUT2D eigenvalue weighted by Gasteiger charge is -2.30. The van der Waals surface area contributed by atoms with E-state index in [2.05, 4.69) is 12.2 Å². The summed E-state index contributed by atoms with van der Waals surface area (Å²) in [5, 5.41) is 24.6. The summed E-state index contributed by atoms with van der Waals surface area (Å²) in [5.41, 5.74) is 0.660. The van der Waals surface area contributed by atoms with E-state index in [1.54, 1.807) is 19.9 Å². The molecule has 0 radical (unpaired) electrons. The Morgan fingerprint density at radius 2 is 1.60 bits per heavy atom. The van der Waals surface area contributed by atoms with Crippen molar-refractivity contribution in [2.24, 2.45) is 0 Å². The summed E-state index contributed by atoms with van der Waals surface area (Å²) in [7, 11) is 0. The van der Waals surface area contributed by atoms with Gasteiger partial charge in [-0.2, -0.15) is 0 Å². The number of unbranched alkanes of at least 4 members (excludes halogenated alkanes) is 7. The minimum Gasteiger partial charge on any atom is -0.478 e. The average molecular weight is 487 g/mol. The van der Waals surface area contributed by atoms with Crippen LogP contribution in [-0.4, -0.2) is 28.1 Å². The number of carbonyl (C=O) groups excluding carboxylic acids is 1. The lowest BCUT2D eigenvalue weighted by atomic mass is 9.79. The molecular formula is C27H38N2O6. The number of nitrogens with one attached hydrogen (secondary N) is 1. The normalized spacial score (nSPS) is 16.6. The molecule has 2 N–H and O–H groups in total. The molecule has 1 aromatic rings. The van der Waals surface area contributed by atoms with Crippen molar-refractivity contribution in [2.75, 3.05) is 0 Å². The molecule has 35 heavy (non-hydrogen) atoms. The van der Waals surface area contributed by atoms with Crippen molar-refractivity contribution in [1.82, 2.24) is 5.32 Å². The lowest BCUT2D eigenvalue weighted by molar-refractivity contribution is -0.385. The van der Waals surface area contributed by atoms with Crippen molar-refractivity contribution in [3.63, 3.8) is 0 Å². The van der Waals surface area contributed by atoms with Crippen LogP contribution in [0, 0.1) is 10.1 Å². The molecule has 0 saturated heterocycles. The molecule has 0 saturated carbocycles. The fourth-order valence-electron chi connectivity index (χ4n) is 4.63. The average Bonchev–Trinajstić information content (AvgIpc) is 2.79. The third kappa shape index (κ3) is 7.67. The van der Waals surface area contributed by atoms with Gasteiger partial charge in [0.15, 0.2) is 0 Å². The number of para-hydroxylation sites is 1. The third-order valence-electron chi connectivity index (χ3n) is 6.43. The van der Waals surface area contributed by atoms with Gasteiger partial charge < -0.3 is 15.2 Å². The van der Waals surface area contributed by atoms with Gasteiger partial charge in [-0.3, -0.25) is 10.1 Å². The van der Waals surface area contributed by atoms with Gasteiger partial charge in [-0.1, -0.05) is 70.1 Å². The smallest absolute Gasteiger partial charge is 0.337 e. The number of hydrogen-bond donors (Lipinski definition) is 2. The van der Waals surface area contributed by atoms with Crippen molar-refractivity contribution < 1.29 is 24.4 Å². The van der Waals surface area contributed by atoms with Crippen LogP contribution in [0.1, 0.15) is 97.0 Å². The fourth-order valence-corrected chi connectivity index (χ4v) is 4.63. The molecule has 8 heteroatoms. The zero-order valence-corrected chi connectivity index (χ0v) is 21.3. The molecule has 1 aromatic carbocycles. The second kappa shape index (κ2) is 13.7. The Labute approximate surface area is 207 Å². The van der Waals surface area contributed by atoms with Crippen LogP contribution in [0.4, 0.5) is 5.69 Å². The molecule has 1 aliphatic heterocycles. The second-order valence-corrected chi connectivity index (χ2v) is 9.24. The van der Waals surface area contributed by atoms with Gasteiger partial charge in [0, 0.05) is 23.0 Å². The largest absolute Gasteiger partial charge is 0.478 e. The van der Waals surface area contributed by atoms with Gasteiger partial charge in [0.25, 0.3) is 5.69 Å². The summed E-state index contributed by atoms with van der Waals surface area (Å²) in [4.78, 5) is 36.6. The molecule has 1 heterocycles. The Kier molecular flexibility index (Phi) is 11.0. The SMILES string of the molecule is CCCCCCCCCCC(C)OC(=O)C1=C(C)NC(C)=C(C(=O)O)C1c1ccccc1[N+](=O)[O-]. The molecule has 1 aliphatic rings. The van der Waals surface area contributed by atoms with Crippen LogP contribution in [0.15, 0.2) is 46.8 Å². The van der Waals surface area contributed by atoms with E-state index >= 15 is 0 Å². The molecule has 192 valence electrons. The van der Waals surface area contributed by atoms with Crippen molar-refractivity contribution in [2.45, 2.75) is 97.5 Å². The summed E-state index contributed by atoms with van der Waals surface area (Å²) in [6, 6.07) is 5.92. The summed E-state index contributed by atoms with van der Waals surface area (Å²) in [6.45, 7) is 7.27. The van der Waals surface area contributed by atoms with Gasteiger partial charge in [0.05, 0.1) is 28.1 Å². The monoisotopic (exact) mass is 486 g/mol. The first-order valence-corrected chi connectivity index (χ1v) is 12.5. The number of nitro groups is 1. The van der Waals surface area contributed by atoms with Crippen LogP contribution in [0.5, 0.6) is 0 Å². The number of carbonyl (C=O) groups is 2. The first-order chi connectivity index (χ1) is 16.7. The summed E-state index contributed by atoms with van der Waals surface area (Å²) < 4.78 is 5.71. The minimum atomic E-state index is -1.25. The number of nitro benzene ring substituents is 1. The Morgan fingerprint density at radius 1 is 1.03 bits per heavy atom. The zero-order chi connectivity index (χ0) is 26.0. The fraction of sp³-hybridized carbons (Fsp3) is 0.556. The zero-order valence-electron chi connectivity index (χ0n) is 21.3. The maximum atomic E-state index is 13.3. The third-order valence-corrected chi connectivity index (χ3v) is 6.43. The van der Waals surface area contributed by atoms with Crippen LogP contribution in [0.25, 0.3) is 0 Å². The number of carboxylic acids is 1. The van der Waals surface area contributed by atoms with Crippen LogP contribution >= 0.6 is 0 Å². The van der Waals surface area contributed by atoms with Crippen LogP contribution in [0.2, 0.25) is 0 Å². The first-order valence-electron chi connectivity index (χ1n) is 12.5. The van der Waals surface area contributed by atoms with Crippen LogP contribution < -0.4 is 5.32 Å². The Balaban J connectivity index is 2.16. The molecule has 0 aromatic heterocycles. The molecular weight excluding hydrogens is 448 g/mol. The van der Waals surface area contributed by atoms with E-state index in [0.29, 0.717) is 17.8 Å². The van der Waals surface area contributed by atoms with E-state index in [4.69, 9.17) is 4.74 Å². The van der Waals surface area contributed by atoms with E-state index in [1.807, 2.05) is 6.92 Å². The van der Waals surface area contributed by atoms with Gasteiger partial charge in [-0.15, -0.1) is 0 Å². The maximum Gasteiger partial charge on any atom is 0.337 e. The van der Waals surface area contributed by atoms with E-state index in [0.717, 1.165) is 19.3 Å². The minimum absolute atomic E-state index is 0.0880. The van der Waals surface area contributed by atoms with E-state index < -0.39 is 22.8 Å². The number of dihydropyridines is 1. The summed E-state index contributed by atoms with van der Waals surface area (Å²) in [5.74, 6) is -3.02. The number of hydrogen-bond acceptors (Lipinski definition) is 6. The van der Waals surface area contributed by atoms with E-state index in [1.165, 1.54) is 50.3 Å². The van der Waals surface area contributed by atoms with Gasteiger partial charge in [0.1, 0.15) is 0 Å². The van der Waals surface area contributed by atoms with Gasteiger partial charge in [-0.25, -0.2) is 9.59 Å². The predicted octanol–water partition coefficient (Wildman–Crippen LogP) is 6.38. The Bertz CT molecular complexity index is 982. The Morgan fingerprint density at radius 3 is 2.20 bits per heavy atom. The number of benzene rings is 1. The highest BCUT2D eigenvalue weighted by Crippen LogP contribution is 2.42. The van der Waals surface area contributed by atoms with Gasteiger partial charge >= 0.3 is 11.9 Å². The quantitative estimate of drug-likeness (QED) is 0.136. The number of allylic oxidation sites excluding steroid dienone is 2. The molecule has 2 unspecified atom stereocenters. The van der Waals surface area contributed by atoms with Crippen LogP contribution in [-0.2, 0) is 14.3 Å². The molecule has 2 rings (SSSR count). The Hall–Kier alpha value is -3.16. The van der Waals surface area contributed by atoms with Gasteiger partial charge in [-0.05, 0) is 33.6 Å². The summed E-state index contributed by atoms with van der Waals surface area (Å²) in [6.07, 6.45) is 9.78. The molecule has 0 aliphatic carbocycles. The lowest BCUT2D eigenvalue weighted by Crippen LogP contribution is -2.33. The first kappa shape index (κ1) is 28.1. The predicted molar refractivity (Wildman–Crippen MR) is 135 cm³/mol. The number of esters is 1. The molecule has 2 atom stereocenters. The number of aliphatic carboxylic acids is 1. The topological polar surface area (TPSA) is 119 Å². The second-order valence-electron chi connectivity index (χ2n) is 9.24. The number of rotatable bonds is 14. The van der Waals surface area contributed by atoms with Crippen LogP contribution in [0.3, 0.4) is 0 Å². The van der Waals surface area contributed by atoms with Crippen molar-refractivity contribution in [1.29, 1.82) is 0 Å². The highest BCUT2D eigenvalue weighted by Gasteiger charge is 2.40. The molecule has 0 fully saturated rings. The van der Waals surface area contributed by atoms with Crippen molar-refractivity contribution >= 4 is 17.6 Å². The molecule has 8 nitrogen and oxygen atoms in total. The highest BCUT2D eigenvalue weighted by atomic mass is 16.6. The molecule has 0 amide bonds. The molecule has 0 spiro atoms.